The zero-order valence-corrected chi connectivity index (χ0v) is 16.0. The predicted molar refractivity (Wildman–Crippen MR) is 107 cm³/mol. The maximum atomic E-state index is 12.6. The van der Waals surface area contributed by atoms with E-state index in [0.29, 0.717) is 42.6 Å². The van der Waals surface area contributed by atoms with Gasteiger partial charge in [0.1, 0.15) is 12.4 Å². The Bertz CT molecular complexity index is 1110. The minimum absolute atomic E-state index is 0.156. The standard InChI is InChI=1S/C21H20N6O2/c1-26-20(28)11-18(17-6-7-23-14-24-17)25-21(26)27-8-3-9-29-19(13-27)16-5-2-4-15(10-16)12-22/h2,4-7,10-11,14,19H,3,8-9,13H2,1H3/t19-/m1/s1. The van der Waals surface area contributed by atoms with Crippen LogP contribution in [0.1, 0.15) is 23.7 Å². The van der Waals surface area contributed by atoms with Crippen molar-refractivity contribution < 1.29 is 4.74 Å². The highest BCUT2D eigenvalue weighted by Gasteiger charge is 2.24. The summed E-state index contributed by atoms with van der Waals surface area (Å²) in [4.78, 5) is 27.5. The van der Waals surface area contributed by atoms with E-state index in [1.54, 1.807) is 29.9 Å². The van der Waals surface area contributed by atoms with Gasteiger partial charge in [-0.1, -0.05) is 12.1 Å². The van der Waals surface area contributed by atoms with E-state index >= 15 is 0 Å². The van der Waals surface area contributed by atoms with Crippen LogP contribution in [0.2, 0.25) is 0 Å². The number of ether oxygens (including phenoxy) is 1. The molecule has 1 saturated heterocycles. The first kappa shape index (κ1) is 18.8. The van der Waals surface area contributed by atoms with Crippen molar-refractivity contribution in [2.75, 3.05) is 24.6 Å². The van der Waals surface area contributed by atoms with Gasteiger partial charge in [0.2, 0.25) is 5.95 Å². The molecule has 0 unspecified atom stereocenters. The highest BCUT2D eigenvalue weighted by molar-refractivity contribution is 5.55. The van der Waals surface area contributed by atoms with E-state index in [1.165, 1.54) is 12.4 Å². The Morgan fingerprint density at radius 1 is 1.24 bits per heavy atom. The molecule has 3 heterocycles. The van der Waals surface area contributed by atoms with Crippen LogP contribution in [-0.4, -0.2) is 39.2 Å². The Labute approximate surface area is 168 Å². The van der Waals surface area contributed by atoms with Gasteiger partial charge >= 0.3 is 0 Å². The Hall–Kier alpha value is -3.57. The lowest BCUT2D eigenvalue weighted by molar-refractivity contribution is 0.0685. The number of hydrogen-bond donors (Lipinski definition) is 0. The summed E-state index contributed by atoms with van der Waals surface area (Å²) >= 11 is 0. The highest BCUT2D eigenvalue weighted by atomic mass is 16.5. The molecule has 29 heavy (non-hydrogen) atoms. The van der Waals surface area contributed by atoms with Crippen LogP contribution >= 0.6 is 0 Å². The van der Waals surface area contributed by atoms with Crippen LogP contribution in [0.25, 0.3) is 11.4 Å². The van der Waals surface area contributed by atoms with Gasteiger partial charge in [-0.15, -0.1) is 0 Å². The Morgan fingerprint density at radius 3 is 2.93 bits per heavy atom. The molecule has 1 aliphatic heterocycles. The average molecular weight is 388 g/mol. The number of hydrogen-bond acceptors (Lipinski definition) is 7. The van der Waals surface area contributed by atoms with Crippen LogP contribution in [0, 0.1) is 11.3 Å². The van der Waals surface area contributed by atoms with Crippen LogP contribution < -0.4 is 10.5 Å². The van der Waals surface area contributed by atoms with E-state index in [0.717, 1.165) is 12.0 Å². The molecule has 0 bridgehead atoms. The predicted octanol–water partition coefficient (Wildman–Crippen LogP) is 2.08. The molecule has 4 rings (SSSR count). The quantitative estimate of drug-likeness (QED) is 0.677. The zero-order chi connectivity index (χ0) is 20.2. The molecule has 0 N–H and O–H groups in total. The van der Waals surface area contributed by atoms with Gasteiger partial charge in [-0.05, 0) is 30.2 Å². The topological polar surface area (TPSA) is 96.9 Å². The average Bonchev–Trinajstić information content (AvgIpc) is 3.02. The van der Waals surface area contributed by atoms with Gasteiger partial charge in [-0.2, -0.15) is 5.26 Å². The number of aromatic nitrogens is 4. The second-order valence-electron chi connectivity index (χ2n) is 6.83. The minimum atomic E-state index is -0.217. The number of nitriles is 1. The van der Waals surface area contributed by atoms with Crippen molar-refractivity contribution >= 4 is 5.95 Å². The lowest BCUT2D eigenvalue weighted by atomic mass is 10.1. The van der Waals surface area contributed by atoms with Gasteiger partial charge < -0.3 is 9.64 Å². The third-order valence-electron chi connectivity index (χ3n) is 4.90. The van der Waals surface area contributed by atoms with E-state index in [2.05, 4.69) is 20.9 Å². The smallest absolute Gasteiger partial charge is 0.255 e. The maximum Gasteiger partial charge on any atom is 0.255 e. The van der Waals surface area contributed by atoms with Crippen molar-refractivity contribution in [3.63, 3.8) is 0 Å². The number of nitrogens with zero attached hydrogens (tertiary/aromatic N) is 6. The molecule has 0 aliphatic carbocycles. The molecule has 8 heteroatoms. The summed E-state index contributed by atoms with van der Waals surface area (Å²) in [5, 5.41) is 9.19. The third kappa shape index (κ3) is 4.00. The maximum absolute atomic E-state index is 12.6. The fraction of sp³-hybridized carbons (Fsp3) is 0.286. The Balaban J connectivity index is 1.70. The molecule has 1 aromatic carbocycles. The molecule has 0 spiro atoms. The summed E-state index contributed by atoms with van der Waals surface area (Å²) in [6.45, 7) is 1.84. The van der Waals surface area contributed by atoms with Gasteiger partial charge in [0.15, 0.2) is 0 Å². The Kier molecular flexibility index (Phi) is 5.31. The van der Waals surface area contributed by atoms with Gasteiger partial charge in [0.05, 0.1) is 29.6 Å². The normalized spacial score (nSPS) is 16.8. The molecule has 146 valence electrons. The largest absolute Gasteiger partial charge is 0.372 e. The molecule has 8 nitrogen and oxygen atoms in total. The molecule has 1 atom stereocenters. The van der Waals surface area contributed by atoms with Crippen molar-refractivity contribution in [2.24, 2.45) is 7.05 Å². The van der Waals surface area contributed by atoms with E-state index < -0.39 is 0 Å². The molecule has 0 saturated carbocycles. The SMILES string of the molecule is Cn1c(N2CCCO[C@@H](c3cccc(C#N)c3)C2)nc(-c2ccncn2)cc1=O. The summed E-state index contributed by atoms with van der Waals surface area (Å²) in [6, 6.07) is 12.8. The van der Waals surface area contributed by atoms with Crippen LogP contribution in [0.15, 0.2) is 53.7 Å². The van der Waals surface area contributed by atoms with Crippen LogP contribution in [-0.2, 0) is 11.8 Å². The molecule has 0 amide bonds. The van der Waals surface area contributed by atoms with Crippen LogP contribution in [0.4, 0.5) is 5.95 Å². The van der Waals surface area contributed by atoms with Gasteiger partial charge in [-0.3, -0.25) is 9.36 Å². The lowest BCUT2D eigenvalue weighted by Gasteiger charge is -2.26. The van der Waals surface area contributed by atoms with Crippen molar-refractivity contribution in [3.05, 3.63) is 70.4 Å². The second kappa shape index (κ2) is 8.20. The van der Waals surface area contributed by atoms with E-state index in [9.17, 15) is 10.1 Å². The first-order chi connectivity index (χ1) is 14.2. The Morgan fingerprint density at radius 2 is 2.14 bits per heavy atom. The summed E-state index contributed by atoms with van der Waals surface area (Å²) < 4.78 is 7.58. The van der Waals surface area contributed by atoms with Gasteiger partial charge in [-0.25, -0.2) is 15.0 Å². The summed E-state index contributed by atoms with van der Waals surface area (Å²) in [5.41, 5.74) is 2.49. The van der Waals surface area contributed by atoms with Crippen molar-refractivity contribution in [1.29, 1.82) is 5.26 Å². The van der Waals surface area contributed by atoms with Gasteiger partial charge in [0, 0.05) is 32.5 Å². The summed E-state index contributed by atoms with van der Waals surface area (Å²) in [6.07, 6.45) is 3.65. The van der Waals surface area contributed by atoms with E-state index in [-0.39, 0.29) is 11.7 Å². The molecule has 1 fully saturated rings. The number of rotatable bonds is 3. The van der Waals surface area contributed by atoms with Gasteiger partial charge in [0.25, 0.3) is 5.56 Å². The van der Waals surface area contributed by atoms with Crippen molar-refractivity contribution in [2.45, 2.75) is 12.5 Å². The minimum Gasteiger partial charge on any atom is -0.372 e. The number of anilines is 1. The van der Waals surface area contributed by atoms with E-state index in [1.807, 2.05) is 18.2 Å². The first-order valence-electron chi connectivity index (χ1n) is 9.37. The van der Waals surface area contributed by atoms with Crippen LogP contribution in [0.3, 0.4) is 0 Å². The molecule has 1 aliphatic rings. The monoisotopic (exact) mass is 388 g/mol. The molecule has 0 radical (unpaired) electrons. The highest BCUT2D eigenvalue weighted by Crippen LogP contribution is 2.26. The summed E-state index contributed by atoms with van der Waals surface area (Å²) in [5.74, 6) is 0.568. The van der Waals surface area contributed by atoms with Crippen molar-refractivity contribution in [3.8, 4) is 17.5 Å². The fourth-order valence-electron chi connectivity index (χ4n) is 3.40. The second-order valence-corrected chi connectivity index (χ2v) is 6.83. The molecular weight excluding hydrogens is 368 g/mol. The third-order valence-corrected chi connectivity index (χ3v) is 4.90. The number of benzene rings is 1. The zero-order valence-electron chi connectivity index (χ0n) is 16.0. The fourth-order valence-corrected chi connectivity index (χ4v) is 3.40. The lowest BCUT2D eigenvalue weighted by Crippen LogP contribution is -2.34. The molecule has 3 aromatic rings. The first-order valence-corrected chi connectivity index (χ1v) is 9.37. The molecular formula is C21H20N6O2. The molecule has 2 aromatic heterocycles. The van der Waals surface area contributed by atoms with Crippen LogP contribution in [0.5, 0.6) is 0 Å². The summed E-state index contributed by atoms with van der Waals surface area (Å²) in [7, 11) is 1.71. The van der Waals surface area contributed by atoms with E-state index in [4.69, 9.17) is 9.72 Å². The van der Waals surface area contributed by atoms with Crippen molar-refractivity contribution in [1.82, 2.24) is 19.5 Å².